The summed E-state index contributed by atoms with van der Waals surface area (Å²) in [5.41, 5.74) is 0.0470. The Morgan fingerprint density at radius 2 is 2.12 bits per heavy atom. The number of anilines is 1. The maximum Gasteiger partial charge on any atom is 0.269 e. The van der Waals surface area contributed by atoms with E-state index in [0.717, 1.165) is 18.3 Å². The molecular formula is C15H18ClF2N4O2+. The van der Waals surface area contributed by atoms with E-state index < -0.39 is 23.6 Å². The molecule has 5 N–H and O–H groups in total. The summed E-state index contributed by atoms with van der Waals surface area (Å²) < 4.78 is 26.4. The van der Waals surface area contributed by atoms with Crippen LogP contribution in [-0.4, -0.2) is 47.5 Å². The Kier molecular flexibility index (Phi) is 5.87. The van der Waals surface area contributed by atoms with Crippen LogP contribution in [0, 0.1) is 17.0 Å². The summed E-state index contributed by atoms with van der Waals surface area (Å²) in [4.78, 5) is 13.9. The van der Waals surface area contributed by atoms with Crippen LogP contribution in [-0.2, 0) is 4.79 Å². The maximum absolute atomic E-state index is 13.2. The van der Waals surface area contributed by atoms with Crippen molar-refractivity contribution in [2.24, 2.45) is 0 Å². The first-order chi connectivity index (χ1) is 11.3. The van der Waals surface area contributed by atoms with Gasteiger partial charge in [-0.05, 0) is 19.1 Å². The number of aliphatic hydroxyl groups excluding tert-OH is 1. The summed E-state index contributed by atoms with van der Waals surface area (Å²) in [7, 11) is 0. The van der Waals surface area contributed by atoms with Gasteiger partial charge in [0.25, 0.3) is 5.91 Å². The van der Waals surface area contributed by atoms with E-state index in [1.807, 2.05) is 5.32 Å². The second kappa shape index (κ2) is 7.69. The molecule has 2 unspecified atom stereocenters. The first-order valence-corrected chi connectivity index (χ1v) is 7.67. The zero-order valence-corrected chi connectivity index (χ0v) is 13.6. The molecule has 24 heavy (non-hydrogen) atoms. The van der Waals surface area contributed by atoms with Gasteiger partial charge < -0.3 is 26.0 Å². The SMILES string of the molecule is CC(O)C1[NH2+]CCN1C(C=N)=C(Cl)C(=O)Nc1cc(F)cc(F)c1. The van der Waals surface area contributed by atoms with E-state index in [1.54, 1.807) is 11.8 Å². The number of benzene rings is 1. The van der Waals surface area contributed by atoms with Gasteiger partial charge in [-0.1, -0.05) is 11.6 Å². The molecule has 1 saturated heterocycles. The molecule has 1 aliphatic rings. The van der Waals surface area contributed by atoms with Crippen molar-refractivity contribution in [1.82, 2.24) is 4.90 Å². The van der Waals surface area contributed by atoms with Crippen LogP contribution >= 0.6 is 11.6 Å². The Hall–Kier alpha value is -2.03. The van der Waals surface area contributed by atoms with Crippen molar-refractivity contribution < 1.29 is 24.0 Å². The Labute approximate surface area is 142 Å². The molecule has 0 spiro atoms. The summed E-state index contributed by atoms with van der Waals surface area (Å²) in [6, 6.07) is 2.60. The lowest BCUT2D eigenvalue weighted by Gasteiger charge is -2.25. The molecule has 0 bridgehead atoms. The zero-order valence-electron chi connectivity index (χ0n) is 12.9. The number of quaternary nitrogens is 1. The van der Waals surface area contributed by atoms with Gasteiger partial charge in [0.05, 0.1) is 18.8 Å². The number of rotatable bonds is 5. The number of carbonyl (C=O) groups excluding carboxylic acids is 1. The predicted molar refractivity (Wildman–Crippen MR) is 85.6 cm³/mol. The number of allylic oxidation sites excluding steroid dienone is 1. The van der Waals surface area contributed by atoms with Gasteiger partial charge in [-0.15, -0.1) is 0 Å². The molecule has 1 fully saturated rings. The van der Waals surface area contributed by atoms with Crippen LogP contribution in [0.25, 0.3) is 0 Å². The third-order valence-electron chi connectivity index (χ3n) is 3.62. The molecule has 0 saturated carbocycles. The van der Waals surface area contributed by atoms with Crippen molar-refractivity contribution in [3.05, 3.63) is 40.6 Å². The molecule has 0 radical (unpaired) electrons. The summed E-state index contributed by atoms with van der Waals surface area (Å²) in [5.74, 6) is -2.46. The molecule has 0 aromatic heterocycles. The van der Waals surface area contributed by atoms with Crippen molar-refractivity contribution in [3.63, 3.8) is 0 Å². The van der Waals surface area contributed by atoms with Crippen LogP contribution in [0.1, 0.15) is 6.92 Å². The second-order valence-corrected chi connectivity index (χ2v) is 5.78. The van der Waals surface area contributed by atoms with E-state index in [-0.39, 0.29) is 22.6 Å². The first-order valence-electron chi connectivity index (χ1n) is 7.29. The van der Waals surface area contributed by atoms with Crippen molar-refractivity contribution in [1.29, 1.82) is 5.41 Å². The second-order valence-electron chi connectivity index (χ2n) is 5.40. The first kappa shape index (κ1) is 18.3. The Bertz CT molecular complexity index is 661. The molecule has 130 valence electrons. The molecular weight excluding hydrogens is 342 g/mol. The summed E-state index contributed by atoms with van der Waals surface area (Å²) >= 11 is 6.07. The maximum atomic E-state index is 13.2. The van der Waals surface area contributed by atoms with E-state index in [9.17, 15) is 18.7 Å². The van der Waals surface area contributed by atoms with Gasteiger partial charge in [0.2, 0.25) is 0 Å². The average molecular weight is 360 g/mol. The lowest BCUT2D eigenvalue weighted by Crippen LogP contribution is -2.90. The van der Waals surface area contributed by atoms with Crippen molar-refractivity contribution in [3.8, 4) is 0 Å². The Morgan fingerprint density at radius 1 is 1.50 bits per heavy atom. The van der Waals surface area contributed by atoms with Crippen molar-refractivity contribution in [2.45, 2.75) is 19.2 Å². The van der Waals surface area contributed by atoms with E-state index >= 15 is 0 Å². The van der Waals surface area contributed by atoms with Gasteiger partial charge in [0, 0.05) is 18.0 Å². The van der Waals surface area contributed by atoms with E-state index in [0.29, 0.717) is 19.2 Å². The number of hydrogen-bond acceptors (Lipinski definition) is 4. The molecule has 9 heteroatoms. The van der Waals surface area contributed by atoms with Crippen molar-refractivity contribution >= 4 is 29.4 Å². The fourth-order valence-electron chi connectivity index (χ4n) is 2.60. The van der Waals surface area contributed by atoms with Gasteiger partial charge in [-0.25, -0.2) is 8.78 Å². The fraction of sp³-hybridized carbons (Fsp3) is 0.333. The average Bonchev–Trinajstić information content (AvgIpc) is 2.96. The normalized spacial score (nSPS) is 19.7. The third kappa shape index (κ3) is 4.08. The molecule has 1 heterocycles. The highest BCUT2D eigenvalue weighted by Gasteiger charge is 2.34. The number of carbonyl (C=O) groups is 1. The minimum absolute atomic E-state index is 0.0833. The van der Waals surface area contributed by atoms with Crippen molar-refractivity contribution in [2.75, 3.05) is 18.4 Å². The largest absolute Gasteiger partial charge is 0.385 e. The monoisotopic (exact) mass is 359 g/mol. The number of amides is 1. The van der Waals surface area contributed by atoms with E-state index in [2.05, 4.69) is 5.32 Å². The molecule has 2 atom stereocenters. The number of aliphatic hydroxyl groups is 1. The Morgan fingerprint density at radius 3 is 2.67 bits per heavy atom. The molecule has 1 aromatic carbocycles. The standard InChI is InChI=1S/C15H17ClF2N4O2/c1-8(23)14-20-2-3-22(14)12(7-19)13(16)15(24)21-11-5-9(17)4-10(18)6-11/h4-8,14,19-20,23H,2-3H2,1H3,(H,21,24)/p+1. The van der Waals surface area contributed by atoms with Crippen LogP contribution in [0.15, 0.2) is 28.9 Å². The minimum atomic E-state index is -0.832. The molecule has 1 aliphatic heterocycles. The van der Waals surface area contributed by atoms with Gasteiger partial charge in [-0.3, -0.25) is 4.79 Å². The zero-order chi connectivity index (χ0) is 17.9. The van der Waals surface area contributed by atoms with Crippen LogP contribution in [0.5, 0.6) is 0 Å². The van der Waals surface area contributed by atoms with Crippen LogP contribution < -0.4 is 10.6 Å². The van der Waals surface area contributed by atoms with Gasteiger partial charge in [0.15, 0.2) is 6.17 Å². The van der Waals surface area contributed by atoms with Gasteiger partial charge >= 0.3 is 0 Å². The summed E-state index contributed by atoms with van der Waals surface area (Å²) in [6.07, 6.45) is -0.148. The summed E-state index contributed by atoms with van der Waals surface area (Å²) in [6.45, 7) is 2.77. The van der Waals surface area contributed by atoms with Gasteiger partial charge in [-0.2, -0.15) is 0 Å². The smallest absolute Gasteiger partial charge is 0.269 e. The minimum Gasteiger partial charge on any atom is -0.385 e. The van der Waals surface area contributed by atoms with E-state index in [4.69, 9.17) is 17.0 Å². The quantitative estimate of drug-likeness (QED) is 0.458. The number of nitrogens with zero attached hydrogens (tertiary/aromatic N) is 1. The van der Waals surface area contributed by atoms with Crippen LogP contribution in [0.2, 0.25) is 0 Å². The molecule has 1 amide bonds. The molecule has 6 nitrogen and oxygen atoms in total. The molecule has 2 rings (SSSR count). The topological polar surface area (TPSA) is 93.0 Å². The summed E-state index contributed by atoms with van der Waals surface area (Å²) in [5, 5.41) is 21.2. The molecule has 0 aliphatic carbocycles. The highest BCUT2D eigenvalue weighted by atomic mass is 35.5. The fourth-order valence-corrected chi connectivity index (χ4v) is 2.81. The molecule has 1 aromatic rings. The van der Waals surface area contributed by atoms with Gasteiger partial charge in [0.1, 0.15) is 22.8 Å². The third-order valence-corrected chi connectivity index (χ3v) is 3.99. The highest BCUT2D eigenvalue weighted by molar-refractivity contribution is 6.45. The Balaban J connectivity index is 2.25. The number of halogens is 3. The van der Waals surface area contributed by atoms with E-state index in [1.165, 1.54) is 0 Å². The number of nitrogens with one attached hydrogen (secondary N) is 2. The lowest BCUT2D eigenvalue weighted by molar-refractivity contribution is -0.685. The predicted octanol–water partition coefficient (Wildman–Crippen LogP) is 0.589. The highest BCUT2D eigenvalue weighted by Crippen LogP contribution is 2.20. The lowest BCUT2D eigenvalue weighted by atomic mass is 10.2. The number of hydrogen-bond donors (Lipinski definition) is 4. The van der Waals surface area contributed by atoms with Crippen LogP contribution in [0.3, 0.4) is 0 Å². The number of nitrogens with two attached hydrogens (primary N) is 1. The van der Waals surface area contributed by atoms with Crippen LogP contribution in [0.4, 0.5) is 14.5 Å².